The molecular weight excluding hydrogens is 422 g/mol. The van der Waals surface area contributed by atoms with Gasteiger partial charge in [0.05, 0.1) is 31.6 Å². The van der Waals surface area contributed by atoms with Gasteiger partial charge in [0.25, 0.3) is 0 Å². The van der Waals surface area contributed by atoms with E-state index in [2.05, 4.69) is 20.6 Å². The fraction of sp³-hybridized carbons (Fsp3) is 0.286. The molecule has 0 atom stereocenters. The van der Waals surface area contributed by atoms with Crippen LogP contribution in [-0.4, -0.2) is 44.2 Å². The number of methoxy groups -OCH3 is 2. The minimum Gasteiger partial charge on any atom is -0.465 e. The molecule has 9 nitrogen and oxygen atoms in total. The fourth-order valence-electron chi connectivity index (χ4n) is 3.17. The van der Waals surface area contributed by atoms with Crippen molar-refractivity contribution in [1.82, 2.24) is 5.43 Å². The van der Waals surface area contributed by atoms with E-state index in [9.17, 15) is 19.2 Å². The zero-order chi connectivity index (χ0) is 22.4. The van der Waals surface area contributed by atoms with E-state index in [0.717, 1.165) is 36.1 Å². The van der Waals surface area contributed by atoms with E-state index in [4.69, 9.17) is 4.74 Å². The van der Waals surface area contributed by atoms with E-state index < -0.39 is 23.8 Å². The van der Waals surface area contributed by atoms with Gasteiger partial charge in [0.15, 0.2) is 0 Å². The lowest BCUT2D eigenvalue weighted by Crippen LogP contribution is -2.32. The molecule has 31 heavy (non-hydrogen) atoms. The molecule has 162 valence electrons. The topological polar surface area (TPSA) is 123 Å². The number of carbonyl (C=O) groups is 4. The number of nitrogens with zero attached hydrogens (tertiary/aromatic N) is 1. The van der Waals surface area contributed by atoms with Crippen LogP contribution in [0.5, 0.6) is 0 Å². The smallest absolute Gasteiger partial charge is 0.341 e. The quantitative estimate of drug-likeness (QED) is 0.316. The van der Waals surface area contributed by atoms with Crippen molar-refractivity contribution in [1.29, 1.82) is 0 Å². The number of ether oxygens (including phenoxy) is 2. The average Bonchev–Trinajstić information content (AvgIpc) is 3.16. The van der Waals surface area contributed by atoms with Gasteiger partial charge in [0.1, 0.15) is 5.00 Å². The van der Waals surface area contributed by atoms with Gasteiger partial charge in [-0.05, 0) is 48.9 Å². The summed E-state index contributed by atoms with van der Waals surface area (Å²) in [5.74, 6) is -2.93. The molecule has 1 aromatic carbocycles. The first-order valence-corrected chi connectivity index (χ1v) is 10.3. The summed E-state index contributed by atoms with van der Waals surface area (Å²) in [7, 11) is 2.57. The van der Waals surface area contributed by atoms with Gasteiger partial charge < -0.3 is 14.8 Å². The highest BCUT2D eigenvalue weighted by Gasteiger charge is 2.28. The maximum Gasteiger partial charge on any atom is 0.341 e. The Kier molecular flexibility index (Phi) is 7.14. The normalized spacial score (nSPS) is 12.7. The summed E-state index contributed by atoms with van der Waals surface area (Å²) < 4.78 is 9.47. The van der Waals surface area contributed by atoms with Gasteiger partial charge in [0, 0.05) is 4.88 Å². The number of esters is 2. The standard InChI is InChI=1S/C21H21N3O6S/c1-29-20(27)13-9-7-12(8-10-13)11-22-24-18(26)17(25)23-19-16(21(28)30-2)14-5-3-4-6-15(14)31-19/h7-11H,3-6H2,1-2H3,(H,23,25)(H,24,26)/b22-11+. The highest BCUT2D eigenvalue weighted by molar-refractivity contribution is 7.17. The van der Waals surface area contributed by atoms with Crippen LogP contribution in [0, 0.1) is 0 Å². The van der Waals surface area contributed by atoms with Crippen molar-refractivity contribution in [3.05, 3.63) is 51.4 Å². The molecule has 10 heteroatoms. The van der Waals surface area contributed by atoms with Crippen molar-refractivity contribution in [2.75, 3.05) is 19.5 Å². The fourth-order valence-corrected chi connectivity index (χ4v) is 4.44. The molecular formula is C21H21N3O6S. The van der Waals surface area contributed by atoms with Gasteiger partial charge in [-0.3, -0.25) is 9.59 Å². The molecule has 0 spiro atoms. The lowest BCUT2D eigenvalue weighted by atomic mass is 9.95. The summed E-state index contributed by atoms with van der Waals surface area (Å²) in [6.45, 7) is 0. The summed E-state index contributed by atoms with van der Waals surface area (Å²) in [6.07, 6.45) is 4.85. The Morgan fingerprint density at radius 2 is 1.65 bits per heavy atom. The number of benzene rings is 1. The highest BCUT2D eigenvalue weighted by atomic mass is 32.1. The molecule has 0 saturated heterocycles. The second kappa shape index (κ2) is 9.98. The average molecular weight is 443 g/mol. The van der Waals surface area contributed by atoms with Crippen molar-refractivity contribution < 1.29 is 28.7 Å². The molecule has 2 N–H and O–H groups in total. The molecule has 2 aromatic rings. The number of carbonyl (C=O) groups excluding carboxylic acids is 4. The van der Waals surface area contributed by atoms with Crippen LogP contribution in [0.4, 0.5) is 5.00 Å². The number of thiophene rings is 1. The van der Waals surface area contributed by atoms with Crippen molar-refractivity contribution in [3.8, 4) is 0 Å². The van der Waals surface area contributed by atoms with Gasteiger partial charge in [-0.2, -0.15) is 5.10 Å². The molecule has 1 aliphatic rings. The summed E-state index contributed by atoms with van der Waals surface area (Å²) in [4.78, 5) is 49.0. The Morgan fingerprint density at radius 1 is 0.968 bits per heavy atom. The van der Waals surface area contributed by atoms with Gasteiger partial charge in [-0.1, -0.05) is 12.1 Å². The molecule has 1 aromatic heterocycles. The molecule has 0 bridgehead atoms. The number of hydrogen-bond acceptors (Lipinski definition) is 8. The minimum absolute atomic E-state index is 0.307. The lowest BCUT2D eigenvalue weighted by molar-refractivity contribution is -0.136. The van der Waals surface area contributed by atoms with Crippen molar-refractivity contribution in [3.63, 3.8) is 0 Å². The molecule has 2 amide bonds. The minimum atomic E-state index is -0.982. The van der Waals surface area contributed by atoms with Crippen LogP contribution in [0.1, 0.15) is 49.6 Å². The maximum atomic E-state index is 12.3. The van der Waals surface area contributed by atoms with Crippen LogP contribution < -0.4 is 10.7 Å². The van der Waals surface area contributed by atoms with Crippen LogP contribution in [-0.2, 0) is 31.9 Å². The Hall–Kier alpha value is -3.53. The Balaban J connectivity index is 1.64. The molecule has 1 aliphatic carbocycles. The lowest BCUT2D eigenvalue weighted by Gasteiger charge is -2.11. The maximum absolute atomic E-state index is 12.3. The summed E-state index contributed by atoms with van der Waals surface area (Å²) in [6, 6.07) is 6.32. The predicted octanol–water partition coefficient (Wildman–Crippen LogP) is 2.29. The van der Waals surface area contributed by atoms with E-state index in [1.54, 1.807) is 24.3 Å². The van der Waals surface area contributed by atoms with Crippen molar-refractivity contribution in [2.45, 2.75) is 25.7 Å². The van der Waals surface area contributed by atoms with Gasteiger partial charge in [0.2, 0.25) is 0 Å². The van der Waals surface area contributed by atoms with Gasteiger partial charge >= 0.3 is 23.8 Å². The number of hydrazone groups is 1. The number of amides is 2. The molecule has 0 unspecified atom stereocenters. The van der Waals surface area contributed by atoms with Crippen LogP contribution in [0.2, 0.25) is 0 Å². The Bertz CT molecular complexity index is 1040. The zero-order valence-corrected chi connectivity index (χ0v) is 17.8. The first-order chi connectivity index (χ1) is 14.9. The van der Waals surface area contributed by atoms with E-state index in [-0.39, 0.29) is 0 Å². The molecule has 3 rings (SSSR count). The van der Waals surface area contributed by atoms with Crippen molar-refractivity contribution in [2.24, 2.45) is 5.10 Å². The number of hydrogen-bond donors (Lipinski definition) is 2. The van der Waals surface area contributed by atoms with E-state index in [1.165, 1.54) is 31.8 Å². The van der Waals surface area contributed by atoms with Crippen LogP contribution in [0.15, 0.2) is 29.4 Å². The molecule has 0 fully saturated rings. The van der Waals surface area contributed by atoms with Crippen molar-refractivity contribution >= 4 is 46.3 Å². The summed E-state index contributed by atoms with van der Waals surface area (Å²) in [5.41, 5.74) is 4.32. The SMILES string of the molecule is COC(=O)c1ccc(/C=N/NC(=O)C(=O)Nc2sc3c(c2C(=O)OC)CCCC3)cc1. The van der Waals surface area contributed by atoms with Crippen LogP contribution >= 0.6 is 11.3 Å². The van der Waals surface area contributed by atoms with Gasteiger partial charge in [-0.15, -0.1) is 11.3 Å². The molecule has 0 saturated carbocycles. The third kappa shape index (κ3) is 5.15. The second-order valence-electron chi connectivity index (χ2n) is 6.67. The van der Waals surface area contributed by atoms with Crippen LogP contribution in [0.3, 0.4) is 0 Å². The first kappa shape index (κ1) is 22.2. The number of anilines is 1. The van der Waals surface area contributed by atoms with E-state index in [1.807, 2.05) is 0 Å². The summed E-state index contributed by atoms with van der Waals surface area (Å²) >= 11 is 1.29. The van der Waals surface area contributed by atoms with Gasteiger partial charge in [-0.25, -0.2) is 15.0 Å². The second-order valence-corrected chi connectivity index (χ2v) is 7.78. The number of rotatable bonds is 5. The zero-order valence-electron chi connectivity index (χ0n) is 17.0. The Labute approximate surface area is 182 Å². The molecule has 0 aliphatic heterocycles. The van der Waals surface area contributed by atoms with E-state index >= 15 is 0 Å². The first-order valence-electron chi connectivity index (χ1n) is 9.50. The Morgan fingerprint density at radius 3 is 2.32 bits per heavy atom. The highest BCUT2D eigenvalue weighted by Crippen LogP contribution is 2.38. The number of fused-ring (bicyclic) bond motifs is 1. The third-order valence-corrected chi connectivity index (χ3v) is 5.91. The monoisotopic (exact) mass is 443 g/mol. The largest absolute Gasteiger partial charge is 0.465 e. The molecule has 0 radical (unpaired) electrons. The molecule has 1 heterocycles. The van der Waals surface area contributed by atoms with E-state index in [0.29, 0.717) is 21.7 Å². The number of nitrogens with one attached hydrogen (secondary N) is 2. The summed E-state index contributed by atoms with van der Waals surface area (Å²) in [5, 5.41) is 6.55. The van der Waals surface area contributed by atoms with Crippen LogP contribution in [0.25, 0.3) is 0 Å². The third-order valence-electron chi connectivity index (χ3n) is 4.71. The predicted molar refractivity (Wildman–Crippen MR) is 114 cm³/mol. The number of aryl methyl sites for hydroxylation is 1.